The third-order valence-corrected chi connectivity index (χ3v) is 6.31. The Balaban J connectivity index is 2.06. The van der Waals surface area contributed by atoms with Crippen molar-refractivity contribution < 1.29 is 18.7 Å². The summed E-state index contributed by atoms with van der Waals surface area (Å²) in [5.74, 6) is -0.296. The minimum absolute atomic E-state index is 0.0690. The van der Waals surface area contributed by atoms with Crippen LogP contribution in [0.15, 0.2) is 42.0 Å². The van der Waals surface area contributed by atoms with Crippen molar-refractivity contribution in [1.82, 2.24) is 0 Å². The van der Waals surface area contributed by atoms with Gasteiger partial charge in [-0.2, -0.15) is 0 Å². The minimum atomic E-state index is -0.483. The fraction of sp³-hybridized carbons (Fsp3) is 0.391. The number of anilines is 1. The number of thiophene rings is 1. The largest absolute Gasteiger partial charge is 0.465 e. The van der Waals surface area contributed by atoms with Crippen molar-refractivity contribution >= 4 is 28.9 Å². The van der Waals surface area contributed by atoms with Crippen LogP contribution < -0.4 is 4.90 Å². The van der Waals surface area contributed by atoms with E-state index in [1.54, 1.807) is 17.0 Å². The fourth-order valence-electron chi connectivity index (χ4n) is 3.49. The van der Waals surface area contributed by atoms with Crippen LogP contribution in [0.3, 0.4) is 0 Å². The number of allylic oxidation sites excluding steroid dienone is 1. The predicted molar refractivity (Wildman–Crippen MR) is 115 cm³/mol. The Morgan fingerprint density at radius 2 is 1.93 bits per heavy atom. The monoisotopic (exact) mass is 415 g/mol. The molecule has 0 radical (unpaired) electrons. The lowest BCUT2D eigenvalue weighted by Crippen LogP contribution is -2.39. The van der Waals surface area contributed by atoms with Gasteiger partial charge < -0.3 is 9.64 Å². The second kappa shape index (κ2) is 8.91. The minimum Gasteiger partial charge on any atom is -0.465 e. The van der Waals surface area contributed by atoms with E-state index in [0.717, 1.165) is 35.3 Å². The van der Waals surface area contributed by atoms with E-state index in [1.165, 1.54) is 30.6 Å². The highest BCUT2D eigenvalue weighted by Crippen LogP contribution is 2.39. The number of halogens is 1. The van der Waals surface area contributed by atoms with E-state index >= 15 is 0 Å². The first-order valence-electron chi connectivity index (χ1n) is 9.82. The fourth-order valence-corrected chi connectivity index (χ4v) is 4.56. The molecule has 0 spiro atoms. The van der Waals surface area contributed by atoms with Crippen LogP contribution >= 0.6 is 11.3 Å². The summed E-state index contributed by atoms with van der Waals surface area (Å²) in [6.45, 7) is 6.04. The van der Waals surface area contributed by atoms with E-state index in [4.69, 9.17) is 4.74 Å². The maximum Gasteiger partial charge on any atom is 0.350 e. The standard InChI is InChI=1S/C23H26FNO3S/c1-14(2)25(22(26)17-7-5-15(3)6-8-17)19-13-20(29-21(19)23(27)28-4)16-9-11-18(24)12-10-16/h7,9-15H,5-6,8H2,1-4H3/t15-/m0/s1. The van der Waals surface area contributed by atoms with Crippen molar-refractivity contribution in [1.29, 1.82) is 0 Å². The van der Waals surface area contributed by atoms with Crippen LogP contribution in [0, 0.1) is 11.7 Å². The summed E-state index contributed by atoms with van der Waals surface area (Å²) in [6, 6.07) is 7.78. The molecule has 1 aromatic carbocycles. The number of nitrogens with zero attached hydrogens (tertiary/aromatic N) is 1. The van der Waals surface area contributed by atoms with Crippen molar-refractivity contribution in [3.63, 3.8) is 0 Å². The molecule has 154 valence electrons. The Kier molecular flexibility index (Phi) is 6.52. The second-order valence-electron chi connectivity index (χ2n) is 7.70. The first kappa shape index (κ1) is 21.2. The van der Waals surface area contributed by atoms with E-state index < -0.39 is 5.97 Å². The van der Waals surface area contributed by atoms with Gasteiger partial charge in [-0.3, -0.25) is 4.79 Å². The van der Waals surface area contributed by atoms with E-state index in [9.17, 15) is 14.0 Å². The number of hydrogen-bond donors (Lipinski definition) is 0. The summed E-state index contributed by atoms with van der Waals surface area (Å²) in [5, 5.41) is 0. The number of rotatable bonds is 5. The quantitative estimate of drug-likeness (QED) is 0.577. The van der Waals surface area contributed by atoms with Crippen LogP contribution in [0.25, 0.3) is 10.4 Å². The van der Waals surface area contributed by atoms with Crippen LogP contribution in [0.4, 0.5) is 10.1 Å². The smallest absolute Gasteiger partial charge is 0.350 e. The van der Waals surface area contributed by atoms with Gasteiger partial charge in [-0.1, -0.05) is 25.1 Å². The molecule has 0 bridgehead atoms. The molecule has 1 aliphatic carbocycles. The summed E-state index contributed by atoms with van der Waals surface area (Å²) in [5.41, 5.74) is 2.12. The summed E-state index contributed by atoms with van der Waals surface area (Å²) in [4.78, 5) is 28.7. The van der Waals surface area contributed by atoms with Gasteiger partial charge >= 0.3 is 5.97 Å². The average Bonchev–Trinajstić information content (AvgIpc) is 3.13. The maximum absolute atomic E-state index is 13.4. The molecule has 3 rings (SSSR count). The third kappa shape index (κ3) is 4.58. The van der Waals surface area contributed by atoms with Gasteiger partial charge in [-0.25, -0.2) is 9.18 Å². The second-order valence-corrected chi connectivity index (χ2v) is 8.75. The molecule has 4 nitrogen and oxygen atoms in total. The number of methoxy groups -OCH3 is 1. The molecule has 1 amide bonds. The van der Waals surface area contributed by atoms with E-state index in [-0.39, 0.29) is 17.8 Å². The number of carbonyl (C=O) groups excluding carboxylic acids is 2. The molecule has 2 aromatic rings. The van der Waals surface area contributed by atoms with Gasteiger partial charge in [0.15, 0.2) is 0 Å². The summed E-state index contributed by atoms with van der Waals surface area (Å²) in [6.07, 6.45) is 4.64. The van der Waals surface area contributed by atoms with Gasteiger partial charge in [0.25, 0.3) is 5.91 Å². The first-order chi connectivity index (χ1) is 13.8. The van der Waals surface area contributed by atoms with Crippen molar-refractivity contribution in [2.24, 2.45) is 5.92 Å². The number of esters is 1. The molecule has 0 saturated heterocycles. The zero-order chi connectivity index (χ0) is 21.1. The van der Waals surface area contributed by atoms with Crippen LogP contribution in [0.2, 0.25) is 0 Å². The topological polar surface area (TPSA) is 46.6 Å². The van der Waals surface area contributed by atoms with E-state index in [1.807, 2.05) is 26.0 Å². The lowest BCUT2D eigenvalue weighted by Gasteiger charge is -2.29. The summed E-state index contributed by atoms with van der Waals surface area (Å²) in [7, 11) is 1.33. The highest BCUT2D eigenvalue weighted by molar-refractivity contribution is 7.18. The molecule has 1 aromatic heterocycles. The Labute approximate surface area is 175 Å². The number of ether oxygens (including phenoxy) is 1. The van der Waals surface area contributed by atoms with E-state index in [2.05, 4.69) is 6.92 Å². The van der Waals surface area contributed by atoms with Gasteiger partial charge in [0.05, 0.1) is 12.8 Å². The van der Waals surface area contributed by atoms with Gasteiger partial charge in [0.1, 0.15) is 10.7 Å². The first-order valence-corrected chi connectivity index (χ1v) is 10.6. The van der Waals surface area contributed by atoms with Gasteiger partial charge in [0, 0.05) is 16.5 Å². The van der Waals surface area contributed by atoms with Gasteiger partial charge in [-0.15, -0.1) is 11.3 Å². The molecule has 0 saturated carbocycles. The lowest BCUT2D eigenvalue weighted by atomic mass is 9.90. The number of hydrogen-bond acceptors (Lipinski definition) is 4. The normalized spacial score (nSPS) is 16.5. The Bertz CT molecular complexity index is 930. The van der Waals surface area contributed by atoms with Gasteiger partial charge in [0.2, 0.25) is 0 Å². The SMILES string of the molecule is COC(=O)c1sc(-c2ccc(F)cc2)cc1N(C(=O)C1=CC[C@H](C)CC1)C(C)C. The molecular weight excluding hydrogens is 389 g/mol. The average molecular weight is 416 g/mol. The highest BCUT2D eigenvalue weighted by Gasteiger charge is 2.30. The zero-order valence-electron chi connectivity index (χ0n) is 17.2. The molecule has 6 heteroatoms. The van der Waals surface area contributed by atoms with Gasteiger partial charge in [-0.05, 0) is 62.8 Å². The molecule has 1 aliphatic rings. The molecule has 1 atom stereocenters. The molecular formula is C23H26FNO3S. The molecule has 0 fully saturated rings. The van der Waals surface area contributed by atoms with E-state index in [0.29, 0.717) is 16.5 Å². The molecule has 0 N–H and O–H groups in total. The lowest BCUT2D eigenvalue weighted by molar-refractivity contribution is -0.115. The Morgan fingerprint density at radius 3 is 2.48 bits per heavy atom. The van der Waals surface area contributed by atoms with Crippen molar-refractivity contribution in [3.05, 3.63) is 52.7 Å². The number of carbonyl (C=O) groups is 2. The van der Waals surface area contributed by atoms with Crippen LogP contribution in [-0.4, -0.2) is 25.0 Å². The van der Waals surface area contributed by atoms with Crippen LogP contribution in [-0.2, 0) is 9.53 Å². The predicted octanol–water partition coefficient (Wildman–Crippen LogP) is 5.83. The maximum atomic E-state index is 13.4. The third-order valence-electron chi connectivity index (χ3n) is 5.15. The Hall–Kier alpha value is -2.47. The Morgan fingerprint density at radius 1 is 1.24 bits per heavy atom. The number of benzene rings is 1. The zero-order valence-corrected chi connectivity index (χ0v) is 18.0. The molecule has 0 unspecified atom stereocenters. The molecule has 0 aliphatic heterocycles. The molecule has 1 heterocycles. The summed E-state index contributed by atoms with van der Waals surface area (Å²) < 4.78 is 18.3. The highest BCUT2D eigenvalue weighted by atomic mass is 32.1. The number of amides is 1. The van der Waals surface area contributed by atoms with Crippen molar-refractivity contribution in [3.8, 4) is 10.4 Å². The van der Waals surface area contributed by atoms with Crippen molar-refractivity contribution in [2.45, 2.75) is 46.1 Å². The molecule has 29 heavy (non-hydrogen) atoms. The van der Waals surface area contributed by atoms with Crippen molar-refractivity contribution in [2.75, 3.05) is 12.0 Å². The summed E-state index contributed by atoms with van der Waals surface area (Å²) >= 11 is 1.25. The van der Waals surface area contributed by atoms with Crippen LogP contribution in [0.1, 0.15) is 49.7 Å². The van der Waals surface area contributed by atoms with Crippen LogP contribution in [0.5, 0.6) is 0 Å².